The van der Waals surface area contributed by atoms with Gasteiger partial charge in [-0.2, -0.15) is 13.2 Å². The van der Waals surface area contributed by atoms with Gasteiger partial charge < -0.3 is 10.0 Å². The number of carbonyl (C=O) groups is 1. The third-order valence-electron chi connectivity index (χ3n) is 3.15. The van der Waals surface area contributed by atoms with Crippen molar-refractivity contribution in [2.45, 2.75) is 25.1 Å². The fraction of sp³-hybridized carbons (Fsp3) is 0.462. The molecule has 1 N–H and O–H groups in total. The smallest absolute Gasteiger partial charge is 0.391 e. The highest BCUT2D eigenvalue weighted by atomic mass is 19.4. The van der Waals surface area contributed by atoms with E-state index in [0.717, 1.165) is 6.07 Å². The molecule has 1 aliphatic rings. The maximum Gasteiger partial charge on any atom is 0.417 e. The molecule has 1 aliphatic heterocycles. The first-order chi connectivity index (χ1) is 8.89. The van der Waals surface area contributed by atoms with Crippen LogP contribution in [0.1, 0.15) is 28.8 Å². The second kappa shape index (κ2) is 5.21. The Morgan fingerprint density at radius 1 is 1.32 bits per heavy atom. The summed E-state index contributed by atoms with van der Waals surface area (Å²) in [5, 5.41) is 9.49. The Hall–Kier alpha value is -1.56. The van der Waals surface area contributed by atoms with Gasteiger partial charge in [-0.1, -0.05) is 12.1 Å². The van der Waals surface area contributed by atoms with E-state index in [4.69, 9.17) is 0 Å². The third kappa shape index (κ3) is 3.07. The van der Waals surface area contributed by atoms with Gasteiger partial charge in [0.25, 0.3) is 5.91 Å². The maximum atomic E-state index is 12.8. The van der Waals surface area contributed by atoms with Crippen molar-refractivity contribution in [1.82, 2.24) is 4.90 Å². The number of hydrogen-bond acceptors (Lipinski definition) is 2. The SMILES string of the molecule is O=C(c1ccccc1C(F)(F)F)N1CCCC(O)C1. The molecule has 0 bridgehead atoms. The number of halogens is 3. The van der Waals surface area contributed by atoms with Crippen LogP contribution in [0.5, 0.6) is 0 Å². The van der Waals surface area contributed by atoms with Crippen LogP contribution in [0.3, 0.4) is 0 Å². The lowest BCUT2D eigenvalue weighted by molar-refractivity contribution is -0.138. The van der Waals surface area contributed by atoms with E-state index >= 15 is 0 Å². The third-order valence-corrected chi connectivity index (χ3v) is 3.15. The molecule has 0 aliphatic carbocycles. The maximum absolute atomic E-state index is 12.8. The summed E-state index contributed by atoms with van der Waals surface area (Å²) >= 11 is 0. The lowest BCUT2D eigenvalue weighted by atomic mass is 10.0. The number of piperidine rings is 1. The van der Waals surface area contributed by atoms with Crippen LogP contribution in [0.15, 0.2) is 24.3 Å². The van der Waals surface area contributed by atoms with Crippen molar-refractivity contribution in [3.8, 4) is 0 Å². The van der Waals surface area contributed by atoms with Crippen LogP contribution in [-0.4, -0.2) is 35.1 Å². The van der Waals surface area contributed by atoms with Crippen molar-refractivity contribution in [2.24, 2.45) is 0 Å². The van der Waals surface area contributed by atoms with E-state index in [0.29, 0.717) is 19.4 Å². The summed E-state index contributed by atoms with van der Waals surface area (Å²) in [6.45, 7) is 0.465. The highest BCUT2D eigenvalue weighted by Crippen LogP contribution is 2.32. The Balaban J connectivity index is 2.29. The fourth-order valence-corrected chi connectivity index (χ4v) is 2.23. The van der Waals surface area contributed by atoms with Gasteiger partial charge in [-0.3, -0.25) is 4.79 Å². The molecule has 0 radical (unpaired) electrons. The summed E-state index contributed by atoms with van der Waals surface area (Å²) in [5.41, 5.74) is -1.29. The standard InChI is InChI=1S/C13H14F3NO2/c14-13(15,16)11-6-2-1-5-10(11)12(19)17-7-3-4-9(18)8-17/h1-2,5-6,9,18H,3-4,7-8H2. The van der Waals surface area contributed by atoms with Gasteiger partial charge in [-0.25, -0.2) is 0 Å². The number of rotatable bonds is 1. The Kier molecular flexibility index (Phi) is 3.80. The topological polar surface area (TPSA) is 40.5 Å². The van der Waals surface area contributed by atoms with E-state index in [1.807, 2.05) is 0 Å². The first kappa shape index (κ1) is 13.9. The minimum absolute atomic E-state index is 0.0883. The monoisotopic (exact) mass is 273 g/mol. The first-order valence-corrected chi connectivity index (χ1v) is 6.03. The molecule has 1 saturated heterocycles. The zero-order valence-corrected chi connectivity index (χ0v) is 10.2. The lowest BCUT2D eigenvalue weighted by Crippen LogP contribution is -2.42. The lowest BCUT2D eigenvalue weighted by Gasteiger charge is -2.30. The number of carbonyl (C=O) groups excluding carboxylic acids is 1. The highest BCUT2D eigenvalue weighted by molar-refractivity contribution is 5.96. The quantitative estimate of drug-likeness (QED) is 0.853. The molecule has 6 heteroatoms. The number of amides is 1. The zero-order chi connectivity index (χ0) is 14.0. The molecule has 2 rings (SSSR count). The van der Waals surface area contributed by atoms with Gasteiger partial charge >= 0.3 is 6.18 Å². The predicted octanol–water partition coefficient (Wildman–Crippen LogP) is 2.30. The molecule has 1 amide bonds. The summed E-state index contributed by atoms with van der Waals surface area (Å²) < 4.78 is 38.5. The Morgan fingerprint density at radius 3 is 2.63 bits per heavy atom. The molecule has 1 atom stereocenters. The van der Waals surface area contributed by atoms with Gasteiger partial charge in [0.15, 0.2) is 0 Å². The van der Waals surface area contributed by atoms with Gasteiger partial charge in [-0.05, 0) is 25.0 Å². The van der Waals surface area contributed by atoms with Gasteiger partial charge in [0, 0.05) is 13.1 Å². The summed E-state index contributed by atoms with van der Waals surface area (Å²) in [7, 11) is 0. The molecule has 3 nitrogen and oxygen atoms in total. The highest BCUT2D eigenvalue weighted by Gasteiger charge is 2.36. The Bertz CT molecular complexity index is 473. The van der Waals surface area contributed by atoms with Gasteiger partial charge in [0.1, 0.15) is 0 Å². The van der Waals surface area contributed by atoms with E-state index in [9.17, 15) is 23.1 Å². The van der Waals surface area contributed by atoms with E-state index in [1.165, 1.54) is 23.1 Å². The number of nitrogens with zero attached hydrogens (tertiary/aromatic N) is 1. The predicted molar refractivity (Wildman–Crippen MR) is 62.6 cm³/mol. The van der Waals surface area contributed by atoms with Gasteiger partial charge in [-0.15, -0.1) is 0 Å². The van der Waals surface area contributed by atoms with Crippen molar-refractivity contribution in [3.05, 3.63) is 35.4 Å². The molecule has 1 aromatic carbocycles. The summed E-state index contributed by atoms with van der Waals surface area (Å²) in [4.78, 5) is 13.4. The largest absolute Gasteiger partial charge is 0.417 e. The van der Waals surface area contributed by atoms with E-state index in [-0.39, 0.29) is 12.1 Å². The van der Waals surface area contributed by atoms with Crippen LogP contribution in [0, 0.1) is 0 Å². The van der Waals surface area contributed by atoms with Crippen LogP contribution >= 0.6 is 0 Å². The number of hydrogen-bond donors (Lipinski definition) is 1. The van der Waals surface area contributed by atoms with Gasteiger partial charge in [0.05, 0.1) is 17.2 Å². The molecule has 19 heavy (non-hydrogen) atoms. The van der Waals surface area contributed by atoms with Crippen molar-refractivity contribution in [1.29, 1.82) is 0 Å². The molecule has 104 valence electrons. The van der Waals surface area contributed by atoms with Crippen molar-refractivity contribution in [3.63, 3.8) is 0 Å². The molecule has 0 aromatic heterocycles. The van der Waals surface area contributed by atoms with Crippen molar-refractivity contribution in [2.75, 3.05) is 13.1 Å². The number of likely N-dealkylation sites (tertiary alicyclic amines) is 1. The van der Waals surface area contributed by atoms with Crippen molar-refractivity contribution < 1.29 is 23.1 Å². The zero-order valence-electron chi connectivity index (χ0n) is 10.2. The van der Waals surface area contributed by atoms with E-state index < -0.39 is 23.8 Å². The summed E-state index contributed by atoms with van der Waals surface area (Å²) in [5.74, 6) is -0.674. The minimum atomic E-state index is -4.55. The van der Waals surface area contributed by atoms with Crippen LogP contribution in [0.2, 0.25) is 0 Å². The molecule has 1 unspecified atom stereocenters. The van der Waals surface area contributed by atoms with E-state index in [2.05, 4.69) is 0 Å². The van der Waals surface area contributed by atoms with E-state index in [1.54, 1.807) is 0 Å². The second-order valence-electron chi connectivity index (χ2n) is 4.59. The molecule has 1 heterocycles. The fourth-order valence-electron chi connectivity index (χ4n) is 2.23. The Labute approximate surface area is 108 Å². The second-order valence-corrected chi connectivity index (χ2v) is 4.59. The molecular weight excluding hydrogens is 259 g/mol. The summed E-state index contributed by atoms with van der Waals surface area (Å²) in [6.07, 6.45) is -4.04. The molecule has 1 aromatic rings. The summed E-state index contributed by atoms with van der Waals surface area (Å²) in [6, 6.07) is 4.73. The number of alkyl halides is 3. The average molecular weight is 273 g/mol. The number of benzene rings is 1. The number of aliphatic hydroxyl groups excluding tert-OH is 1. The molecular formula is C13H14F3NO2. The molecule has 0 spiro atoms. The van der Waals surface area contributed by atoms with Crippen molar-refractivity contribution >= 4 is 5.91 Å². The van der Waals surface area contributed by atoms with Crippen LogP contribution in [-0.2, 0) is 6.18 Å². The molecule has 1 fully saturated rings. The molecule has 0 saturated carbocycles. The Morgan fingerprint density at radius 2 is 2.00 bits per heavy atom. The average Bonchev–Trinajstić information content (AvgIpc) is 2.37. The van der Waals surface area contributed by atoms with Crippen LogP contribution < -0.4 is 0 Å². The first-order valence-electron chi connectivity index (χ1n) is 6.03. The minimum Gasteiger partial charge on any atom is -0.391 e. The number of aliphatic hydroxyl groups is 1. The van der Waals surface area contributed by atoms with Crippen LogP contribution in [0.25, 0.3) is 0 Å². The van der Waals surface area contributed by atoms with Gasteiger partial charge in [0.2, 0.25) is 0 Å². The number of β-amino-alcohol motifs (C(OH)–C–C–N with tert-alkyl or cyclic N) is 1. The normalized spacial score (nSPS) is 20.4. The van der Waals surface area contributed by atoms with Crippen LogP contribution in [0.4, 0.5) is 13.2 Å².